The fraction of sp³-hybridized carbons (Fsp3) is 0.684. The summed E-state index contributed by atoms with van der Waals surface area (Å²) in [4.78, 5) is 0. The normalized spacial score (nSPS) is 53.2. The third-order valence-corrected chi connectivity index (χ3v) is 7.16. The number of hydrogen-bond acceptors (Lipinski definition) is 3. The minimum Gasteiger partial charge on any atom is -0.389 e. The average molecular weight is 301 g/mol. The summed E-state index contributed by atoms with van der Waals surface area (Å²) in [6.45, 7) is 4.57. The Balaban J connectivity index is 1.84. The Labute approximate surface area is 132 Å². The maximum Gasteiger partial charge on any atom is 0.0762 e. The van der Waals surface area contributed by atoms with Crippen molar-refractivity contribution < 1.29 is 10.2 Å². The van der Waals surface area contributed by atoms with Crippen molar-refractivity contribution in [2.24, 2.45) is 28.4 Å². The zero-order valence-corrected chi connectivity index (χ0v) is 13.5. The third-order valence-electron chi connectivity index (χ3n) is 7.16. The molecule has 0 radical (unpaired) electrons. The van der Waals surface area contributed by atoms with Crippen molar-refractivity contribution in [2.45, 2.75) is 57.8 Å². The minimum absolute atomic E-state index is 0.00605. The highest BCUT2D eigenvalue weighted by Gasteiger charge is 2.54. The van der Waals surface area contributed by atoms with Gasteiger partial charge in [0.15, 0.2) is 0 Å². The molecule has 0 spiro atoms. The van der Waals surface area contributed by atoms with Gasteiger partial charge >= 0.3 is 0 Å². The first-order valence-corrected chi connectivity index (χ1v) is 8.60. The molecular weight excluding hydrogens is 274 g/mol. The van der Waals surface area contributed by atoms with Crippen LogP contribution < -0.4 is 5.73 Å². The van der Waals surface area contributed by atoms with Gasteiger partial charge in [-0.25, -0.2) is 0 Å². The van der Waals surface area contributed by atoms with E-state index in [2.05, 4.69) is 32.1 Å². The lowest BCUT2D eigenvalue weighted by molar-refractivity contribution is -0.000497. The van der Waals surface area contributed by atoms with Crippen molar-refractivity contribution in [1.82, 2.24) is 0 Å². The first-order valence-electron chi connectivity index (χ1n) is 8.60. The predicted octanol–water partition coefficient (Wildman–Crippen LogP) is 2.30. The maximum absolute atomic E-state index is 10.9. The first kappa shape index (κ1) is 14.7. The van der Waals surface area contributed by atoms with E-state index in [1.807, 2.05) is 6.08 Å². The lowest BCUT2D eigenvalue weighted by Gasteiger charge is -2.55. The molecule has 120 valence electrons. The molecule has 4 N–H and O–H groups in total. The number of aliphatic hydroxyl groups excluding tert-OH is 2. The Morgan fingerprint density at radius 1 is 1.18 bits per heavy atom. The zero-order valence-electron chi connectivity index (χ0n) is 13.5. The van der Waals surface area contributed by atoms with Crippen LogP contribution in [0.2, 0.25) is 0 Å². The fourth-order valence-corrected chi connectivity index (χ4v) is 5.58. The maximum atomic E-state index is 10.9. The van der Waals surface area contributed by atoms with Crippen LogP contribution in [0.25, 0.3) is 0 Å². The first-order chi connectivity index (χ1) is 10.4. The largest absolute Gasteiger partial charge is 0.389 e. The van der Waals surface area contributed by atoms with E-state index in [1.54, 1.807) is 0 Å². The Kier molecular flexibility index (Phi) is 3.04. The van der Waals surface area contributed by atoms with Crippen LogP contribution in [-0.2, 0) is 0 Å². The summed E-state index contributed by atoms with van der Waals surface area (Å²) >= 11 is 0. The Hall–Kier alpha value is -0.900. The second-order valence-electron chi connectivity index (χ2n) is 8.24. The SMILES string of the molecule is C[C@]12C=C[C@H](O)C[C@H]1C[C@H](O)C1=C3C=C[C@H](N)[C@@]3(C)CC[C@@H]12. The zero-order chi connectivity index (χ0) is 15.7. The second kappa shape index (κ2) is 4.56. The molecule has 4 aliphatic rings. The molecule has 4 rings (SSSR count). The van der Waals surface area contributed by atoms with Gasteiger partial charge in [-0.1, -0.05) is 38.2 Å². The summed E-state index contributed by atoms with van der Waals surface area (Å²) in [5.74, 6) is 0.739. The molecule has 0 bridgehead atoms. The minimum atomic E-state index is -0.383. The van der Waals surface area contributed by atoms with Crippen LogP contribution in [0.3, 0.4) is 0 Å². The molecule has 0 heterocycles. The van der Waals surface area contributed by atoms with Crippen LogP contribution in [0.15, 0.2) is 35.5 Å². The Morgan fingerprint density at radius 2 is 1.95 bits per heavy atom. The summed E-state index contributed by atoms with van der Waals surface area (Å²) in [5, 5.41) is 20.8. The molecule has 0 aliphatic heterocycles. The smallest absolute Gasteiger partial charge is 0.0762 e. The monoisotopic (exact) mass is 301 g/mol. The number of allylic oxidation sites excluding steroid dienone is 2. The van der Waals surface area contributed by atoms with Gasteiger partial charge in [-0.2, -0.15) is 0 Å². The predicted molar refractivity (Wildman–Crippen MR) is 87.0 cm³/mol. The number of fused-ring (bicyclic) bond motifs is 4. The molecular formula is C19H27NO2. The molecule has 0 aromatic heterocycles. The summed E-state index contributed by atoms with van der Waals surface area (Å²) in [5.41, 5.74) is 8.90. The number of nitrogens with two attached hydrogens (primary N) is 1. The summed E-state index contributed by atoms with van der Waals surface area (Å²) < 4.78 is 0. The van der Waals surface area contributed by atoms with Crippen molar-refractivity contribution in [2.75, 3.05) is 0 Å². The number of aliphatic hydroxyl groups is 2. The molecule has 1 fully saturated rings. The van der Waals surface area contributed by atoms with Crippen LogP contribution in [0.4, 0.5) is 0 Å². The van der Waals surface area contributed by atoms with Crippen molar-refractivity contribution in [1.29, 1.82) is 0 Å². The Bertz CT molecular complexity index is 592. The van der Waals surface area contributed by atoms with Crippen LogP contribution in [0, 0.1) is 22.7 Å². The van der Waals surface area contributed by atoms with E-state index in [-0.39, 0.29) is 29.1 Å². The van der Waals surface area contributed by atoms with Crippen LogP contribution in [0.1, 0.15) is 39.5 Å². The lowest BCUT2D eigenvalue weighted by Crippen LogP contribution is -2.51. The standard InChI is InChI=1S/C19H27NO2/c1-18-7-5-12(21)9-11(18)10-15(22)17-13-3-4-16(20)19(13,2)8-6-14(17)18/h3-5,7,11-12,14-16,21-22H,6,8-10,20H2,1-2H3/t11-,12-,14-,15-,16-,18-,19-/m0/s1. The van der Waals surface area contributed by atoms with Crippen LogP contribution in [-0.4, -0.2) is 28.5 Å². The van der Waals surface area contributed by atoms with Crippen molar-refractivity contribution in [3.8, 4) is 0 Å². The van der Waals surface area contributed by atoms with Gasteiger partial charge in [-0.15, -0.1) is 0 Å². The van der Waals surface area contributed by atoms with Crippen molar-refractivity contribution >= 4 is 0 Å². The fourth-order valence-electron chi connectivity index (χ4n) is 5.58. The van der Waals surface area contributed by atoms with E-state index in [1.165, 1.54) is 11.1 Å². The molecule has 22 heavy (non-hydrogen) atoms. The van der Waals surface area contributed by atoms with Gasteiger partial charge in [-0.05, 0) is 54.1 Å². The van der Waals surface area contributed by atoms with E-state index in [9.17, 15) is 10.2 Å². The van der Waals surface area contributed by atoms with Gasteiger partial charge in [0.25, 0.3) is 0 Å². The van der Waals surface area contributed by atoms with Gasteiger partial charge < -0.3 is 15.9 Å². The van der Waals surface area contributed by atoms with Gasteiger partial charge in [0, 0.05) is 11.5 Å². The molecule has 0 saturated heterocycles. The lowest BCUT2D eigenvalue weighted by atomic mass is 9.50. The van der Waals surface area contributed by atoms with E-state index in [0.29, 0.717) is 11.8 Å². The second-order valence-corrected chi connectivity index (χ2v) is 8.24. The molecule has 0 aromatic rings. The number of hydrogen-bond donors (Lipinski definition) is 3. The van der Waals surface area contributed by atoms with Crippen LogP contribution in [0.5, 0.6) is 0 Å². The van der Waals surface area contributed by atoms with Gasteiger partial charge in [0.05, 0.1) is 12.2 Å². The summed E-state index contributed by atoms with van der Waals surface area (Å²) in [6.07, 6.45) is 11.4. The molecule has 0 amide bonds. The molecule has 3 heteroatoms. The summed E-state index contributed by atoms with van der Waals surface area (Å²) in [6, 6.07) is 0.0670. The van der Waals surface area contributed by atoms with Gasteiger partial charge in [-0.3, -0.25) is 0 Å². The highest BCUT2D eigenvalue weighted by Crippen LogP contribution is 2.60. The van der Waals surface area contributed by atoms with E-state index < -0.39 is 0 Å². The van der Waals surface area contributed by atoms with Crippen molar-refractivity contribution in [3.05, 3.63) is 35.5 Å². The number of rotatable bonds is 0. The van der Waals surface area contributed by atoms with E-state index in [0.717, 1.165) is 25.7 Å². The highest BCUT2D eigenvalue weighted by atomic mass is 16.3. The topological polar surface area (TPSA) is 66.5 Å². The molecule has 4 aliphatic carbocycles. The van der Waals surface area contributed by atoms with Gasteiger partial charge in [0.1, 0.15) is 0 Å². The third kappa shape index (κ3) is 1.73. The molecule has 1 saturated carbocycles. The molecule has 7 atom stereocenters. The van der Waals surface area contributed by atoms with Gasteiger partial charge in [0.2, 0.25) is 0 Å². The molecule has 0 aromatic carbocycles. The van der Waals surface area contributed by atoms with E-state index >= 15 is 0 Å². The quantitative estimate of drug-likeness (QED) is 0.602. The molecule has 0 unspecified atom stereocenters. The summed E-state index contributed by atoms with van der Waals surface area (Å²) in [7, 11) is 0. The van der Waals surface area contributed by atoms with Crippen LogP contribution >= 0.6 is 0 Å². The Morgan fingerprint density at radius 3 is 2.73 bits per heavy atom. The molecule has 3 nitrogen and oxygen atoms in total. The van der Waals surface area contributed by atoms with Crippen molar-refractivity contribution in [3.63, 3.8) is 0 Å². The van der Waals surface area contributed by atoms with E-state index in [4.69, 9.17) is 5.73 Å². The average Bonchev–Trinajstić information content (AvgIpc) is 2.77. The highest BCUT2D eigenvalue weighted by molar-refractivity contribution is 5.47.